The Bertz CT molecular complexity index is 1370. The van der Waals surface area contributed by atoms with Crippen LogP contribution in [0.4, 0.5) is 0 Å². The smallest absolute Gasteiger partial charge is 0.364 e. The molecule has 0 aromatic rings. The molecule has 27 nitrogen and oxygen atoms in total. The molecule has 4 saturated heterocycles. The Morgan fingerprint density at radius 1 is 0.707 bits per heavy atom. The summed E-state index contributed by atoms with van der Waals surface area (Å²) in [4.78, 5) is 37.0. The molecule has 17 N–H and O–H groups in total. The summed E-state index contributed by atoms with van der Waals surface area (Å²) in [5, 5.41) is 160. The van der Waals surface area contributed by atoms with Gasteiger partial charge in [0.25, 0.3) is 5.79 Å². The normalized spacial score (nSPS) is 44.5. The molecule has 0 bridgehead atoms. The fourth-order valence-electron chi connectivity index (χ4n) is 7.04. The largest absolute Gasteiger partial charge is 0.477 e. The van der Waals surface area contributed by atoms with Gasteiger partial charge in [0.2, 0.25) is 11.8 Å². The van der Waals surface area contributed by atoms with Crippen LogP contribution in [0.3, 0.4) is 0 Å². The van der Waals surface area contributed by atoms with Crippen LogP contribution in [0.15, 0.2) is 0 Å². The van der Waals surface area contributed by atoms with E-state index < -0.39 is 186 Å². The van der Waals surface area contributed by atoms with Gasteiger partial charge in [-0.2, -0.15) is 0 Å². The van der Waals surface area contributed by atoms with Gasteiger partial charge in [-0.3, -0.25) is 9.59 Å². The van der Waals surface area contributed by atoms with E-state index in [4.69, 9.17) is 33.2 Å². The van der Waals surface area contributed by atoms with Gasteiger partial charge in [-0.25, -0.2) is 4.79 Å². The predicted octanol–water partition coefficient (Wildman–Crippen LogP) is -11.3. The standard InChI is InChI=1S/C31H52N2O25/c1-8(39)32-16-20(46)23(13(6-37)54-28(16)56-26-21(47)18(44)11(4-35)52-27(26)49)55-29-22(48)25(19(45)12(5-36)53-29)58-31(30(50)51)2-9(40)15(33-14(42)7-38)24(57-31)17(43)10(41)3-34/h9-13,15-29,34-38,40-41,43-49H,2-7H2,1H3,(H,32,39)(H,33,42)(H,50,51)/t9-,10+,11+,12+,13+,15+,16+,17+,18+,19-,20+,21-,22+,23+,24+,25-,26-,27+,28-,29-,31-/m0/s1. The fraction of sp³-hybridized carbons (Fsp3) is 0.903. The highest BCUT2D eigenvalue weighted by Crippen LogP contribution is 2.39. The Kier molecular flexibility index (Phi) is 17.0. The number of carboxylic acids is 1. The van der Waals surface area contributed by atoms with E-state index in [1.807, 2.05) is 0 Å². The maximum Gasteiger partial charge on any atom is 0.364 e. The number of aliphatic hydroxyl groups excluding tert-OH is 14. The van der Waals surface area contributed by atoms with Crippen LogP contribution < -0.4 is 10.6 Å². The van der Waals surface area contributed by atoms with Crippen molar-refractivity contribution in [3.05, 3.63) is 0 Å². The number of hydrogen-bond donors (Lipinski definition) is 17. The van der Waals surface area contributed by atoms with Crippen molar-refractivity contribution in [2.45, 2.75) is 142 Å². The van der Waals surface area contributed by atoms with Gasteiger partial charge in [-0.05, 0) is 0 Å². The first kappa shape index (κ1) is 48.2. The van der Waals surface area contributed by atoms with E-state index >= 15 is 0 Å². The number of ether oxygens (including phenoxy) is 7. The monoisotopic (exact) mass is 852 g/mol. The highest BCUT2D eigenvalue weighted by atomic mass is 16.8. The zero-order valence-corrected chi connectivity index (χ0v) is 30.6. The molecule has 2 amide bonds. The molecule has 4 rings (SSSR count). The first-order valence-electron chi connectivity index (χ1n) is 17.9. The minimum Gasteiger partial charge on any atom is -0.477 e. The molecule has 0 unspecified atom stereocenters. The molecule has 27 heteroatoms. The maximum atomic E-state index is 12.8. The quantitative estimate of drug-likeness (QED) is 0.0685. The molecule has 21 atom stereocenters. The SMILES string of the molecule is CC(=O)N[C@H]1[C@H](O[C@H]2[C@@H](O)[C@H](O)[C@@H](CO)O[C@H]2O)O[C@H](CO)[C@@H](O[C@@H]2O[C@H](CO)[C@H](O)[C@H](O[C@]3(C(=O)O)C[C@H](O)[C@@H](NC(=O)CO)[C@H]([C@H](O)[C@H](O)CO)O3)[C@H]2O)[C@@H]1O. The molecule has 4 fully saturated rings. The second-order valence-electron chi connectivity index (χ2n) is 14.1. The van der Waals surface area contributed by atoms with Crippen molar-refractivity contribution in [1.82, 2.24) is 10.6 Å². The van der Waals surface area contributed by atoms with E-state index in [0.29, 0.717) is 0 Å². The molecule has 0 aromatic heterocycles. The average molecular weight is 853 g/mol. The first-order chi connectivity index (χ1) is 27.3. The lowest BCUT2D eigenvalue weighted by atomic mass is 9.88. The molecular formula is C31H52N2O25. The number of aliphatic carboxylic acids is 1. The van der Waals surface area contributed by atoms with Crippen LogP contribution in [-0.2, 0) is 47.5 Å². The molecule has 0 aliphatic carbocycles. The summed E-state index contributed by atoms with van der Waals surface area (Å²) in [5.74, 6) is -7.22. The lowest BCUT2D eigenvalue weighted by molar-refractivity contribution is -0.387. The van der Waals surface area contributed by atoms with Crippen molar-refractivity contribution < 1.29 is 124 Å². The van der Waals surface area contributed by atoms with E-state index in [1.165, 1.54) is 0 Å². The summed E-state index contributed by atoms with van der Waals surface area (Å²) in [5.41, 5.74) is 0. The average Bonchev–Trinajstić information content (AvgIpc) is 3.19. The third-order valence-corrected chi connectivity index (χ3v) is 10.1. The molecule has 0 saturated carbocycles. The summed E-state index contributed by atoms with van der Waals surface area (Å²) in [6.07, 6.45) is -36.8. The second kappa shape index (κ2) is 20.4. The highest BCUT2D eigenvalue weighted by molar-refractivity contribution is 5.78. The van der Waals surface area contributed by atoms with Crippen LogP contribution >= 0.6 is 0 Å². The van der Waals surface area contributed by atoms with Crippen molar-refractivity contribution in [3.8, 4) is 0 Å². The maximum absolute atomic E-state index is 12.8. The zero-order chi connectivity index (χ0) is 43.4. The van der Waals surface area contributed by atoms with E-state index in [2.05, 4.69) is 10.6 Å². The van der Waals surface area contributed by atoms with E-state index in [0.717, 1.165) is 6.92 Å². The number of nitrogens with one attached hydrogen (secondary N) is 2. The van der Waals surface area contributed by atoms with Crippen LogP contribution in [0.25, 0.3) is 0 Å². The third kappa shape index (κ3) is 10.2. The Morgan fingerprint density at radius 3 is 1.84 bits per heavy atom. The predicted molar refractivity (Wildman–Crippen MR) is 176 cm³/mol. The summed E-state index contributed by atoms with van der Waals surface area (Å²) >= 11 is 0. The summed E-state index contributed by atoms with van der Waals surface area (Å²) in [6.45, 7) is -4.20. The number of rotatable bonds is 16. The van der Waals surface area contributed by atoms with Crippen molar-refractivity contribution in [1.29, 1.82) is 0 Å². The second-order valence-corrected chi connectivity index (χ2v) is 14.1. The molecule has 4 heterocycles. The first-order valence-corrected chi connectivity index (χ1v) is 17.9. The van der Waals surface area contributed by atoms with Gasteiger partial charge in [0, 0.05) is 13.3 Å². The molecule has 0 spiro atoms. The van der Waals surface area contributed by atoms with Crippen LogP contribution in [0.2, 0.25) is 0 Å². The lowest BCUT2D eigenvalue weighted by Crippen LogP contribution is -2.71. The Labute approximate surface area is 327 Å². The Balaban J connectivity index is 1.63. The molecule has 4 aliphatic rings. The summed E-state index contributed by atoms with van der Waals surface area (Å²) in [7, 11) is 0. The molecular weight excluding hydrogens is 800 g/mol. The van der Waals surface area contributed by atoms with Crippen LogP contribution in [0, 0.1) is 0 Å². The molecule has 0 aromatic carbocycles. The number of carbonyl (C=O) groups is 3. The van der Waals surface area contributed by atoms with Gasteiger partial charge in [0.1, 0.15) is 98.1 Å². The van der Waals surface area contributed by atoms with Crippen molar-refractivity contribution in [2.75, 3.05) is 33.0 Å². The number of hydrogen-bond acceptors (Lipinski definition) is 24. The fourth-order valence-corrected chi connectivity index (χ4v) is 7.04. The van der Waals surface area contributed by atoms with Crippen molar-refractivity contribution >= 4 is 17.8 Å². The van der Waals surface area contributed by atoms with E-state index in [1.54, 1.807) is 0 Å². The lowest BCUT2D eigenvalue weighted by Gasteiger charge is -2.51. The molecule has 336 valence electrons. The van der Waals surface area contributed by atoms with Gasteiger partial charge >= 0.3 is 5.97 Å². The van der Waals surface area contributed by atoms with Crippen molar-refractivity contribution in [3.63, 3.8) is 0 Å². The van der Waals surface area contributed by atoms with E-state index in [-0.39, 0.29) is 0 Å². The minimum absolute atomic E-state index is 0.813. The number of amides is 2. The topological polar surface area (TPSA) is 443 Å². The third-order valence-electron chi connectivity index (χ3n) is 10.1. The van der Waals surface area contributed by atoms with E-state index in [9.17, 15) is 91.0 Å². The minimum atomic E-state index is -3.18. The number of carboxylic acid groups (broad SMARTS) is 1. The Hall–Kier alpha value is -2.43. The summed E-state index contributed by atoms with van der Waals surface area (Å²) in [6, 6.07) is -3.47. The molecule has 0 radical (unpaired) electrons. The van der Waals surface area contributed by atoms with Crippen LogP contribution in [0.5, 0.6) is 0 Å². The van der Waals surface area contributed by atoms with Gasteiger partial charge in [0.15, 0.2) is 18.9 Å². The Morgan fingerprint density at radius 2 is 1.29 bits per heavy atom. The van der Waals surface area contributed by atoms with Gasteiger partial charge in [0.05, 0.1) is 38.6 Å². The zero-order valence-electron chi connectivity index (χ0n) is 30.6. The highest BCUT2D eigenvalue weighted by Gasteiger charge is 2.60. The molecule has 4 aliphatic heterocycles. The van der Waals surface area contributed by atoms with Crippen molar-refractivity contribution in [2.24, 2.45) is 0 Å². The summed E-state index contributed by atoms with van der Waals surface area (Å²) < 4.78 is 38.8. The van der Waals surface area contributed by atoms with Gasteiger partial charge in [-0.15, -0.1) is 0 Å². The van der Waals surface area contributed by atoms with Gasteiger partial charge < -0.3 is 120 Å². The number of aliphatic hydroxyl groups is 14. The molecule has 58 heavy (non-hydrogen) atoms. The van der Waals surface area contributed by atoms with Gasteiger partial charge in [-0.1, -0.05) is 0 Å². The van der Waals surface area contributed by atoms with Crippen LogP contribution in [0.1, 0.15) is 13.3 Å². The van der Waals surface area contributed by atoms with Crippen LogP contribution in [-0.4, -0.2) is 256 Å². The number of carbonyl (C=O) groups excluding carboxylic acids is 2.